The van der Waals surface area contributed by atoms with Crippen LogP contribution in [0.4, 0.5) is 0 Å². The molecule has 0 unspecified atom stereocenters. The summed E-state index contributed by atoms with van der Waals surface area (Å²) >= 11 is 0. The Bertz CT molecular complexity index is 1180. The number of aromatic nitrogens is 1. The van der Waals surface area contributed by atoms with Crippen molar-refractivity contribution in [3.8, 4) is 17.2 Å². The Balaban J connectivity index is 1.41. The lowest BCUT2D eigenvalue weighted by molar-refractivity contribution is 0.0940. The van der Waals surface area contributed by atoms with Gasteiger partial charge in [0, 0.05) is 11.1 Å². The summed E-state index contributed by atoms with van der Waals surface area (Å²) in [5, 5.41) is 3.03. The van der Waals surface area contributed by atoms with E-state index in [-0.39, 0.29) is 11.9 Å². The number of hydrogen-bond donors (Lipinski definition) is 1. The van der Waals surface area contributed by atoms with Crippen molar-refractivity contribution in [3.63, 3.8) is 0 Å². The Morgan fingerprint density at radius 1 is 0.969 bits per heavy atom. The molecule has 0 aliphatic rings. The number of hydrogen-bond acceptors (Lipinski definition) is 4. The molecule has 0 bridgehead atoms. The first kappa shape index (κ1) is 21.4. The van der Waals surface area contributed by atoms with Gasteiger partial charge in [0.05, 0.1) is 6.04 Å². The molecule has 32 heavy (non-hydrogen) atoms. The largest absolute Gasteiger partial charge is 0.487 e. The molecular weight excluding hydrogens is 400 g/mol. The molecule has 0 fully saturated rings. The number of benzene rings is 3. The van der Waals surface area contributed by atoms with Crippen LogP contribution in [0.1, 0.15) is 45.9 Å². The monoisotopic (exact) mass is 426 g/mol. The molecule has 0 saturated heterocycles. The summed E-state index contributed by atoms with van der Waals surface area (Å²) in [5.74, 6) is 1.89. The topological polar surface area (TPSA) is 64.4 Å². The average molecular weight is 427 g/mol. The van der Waals surface area contributed by atoms with E-state index >= 15 is 0 Å². The number of carbonyl (C=O) groups excluding carboxylic acids is 1. The van der Waals surface area contributed by atoms with E-state index in [2.05, 4.69) is 10.3 Å². The van der Waals surface area contributed by atoms with Crippen LogP contribution >= 0.6 is 0 Å². The van der Waals surface area contributed by atoms with E-state index in [0.717, 1.165) is 22.6 Å². The average Bonchev–Trinajstić information content (AvgIpc) is 3.19. The van der Waals surface area contributed by atoms with Crippen molar-refractivity contribution in [3.05, 3.63) is 107 Å². The van der Waals surface area contributed by atoms with E-state index in [1.54, 1.807) is 12.1 Å². The van der Waals surface area contributed by atoms with Crippen LogP contribution in [0.15, 0.2) is 83.3 Å². The molecule has 1 amide bonds. The van der Waals surface area contributed by atoms with Crippen LogP contribution in [0.2, 0.25) is 0 Å². The molecule has 0 saturated carbocycles. The number of aryl methyl sites for hydroxylation is 2. The molecule has 0 aliphatic heterocycles. The molecular formula is C27H26N2O3. The van der Waals surface area contributed by atoms with Crippen LogP contribution < -0.4 is 10.1 Å². The van der Waals surface area contributed by atoms with Gasteiger partial charge in [-0.1, -0.05) is 48.0 Å². The molecule has 3 aromatic carbocycles. The molecule has 0 radical (unpaired) electrons. The first-order valence-corrected chi connectivity index (χ1v) is 10.6. The van der Waals surface area contributed by atoms with Gasteiger partial charge in [-0.05, 0) is 62.7 Å². The van der Waals surface area contributed by atoms with Gasteiger partial charge in [-0.3, -0.25) is 4.79 Å². The predicted molar refractivity (Wildman–Crippen MR) is 125 cm³/mol. The molecule has 162 valence electrons. The summed E-state index contributed by atoms with van der Waals surface area (Å²) in [6.07, 6.45) is 0. The molecule has 4 rings (SSSR count). The second-order valence-corrected chi connectivity index (χ2v) is 7.81. The highest BCUT2D eigenvalue weighted by Crippen LogP contribution is 2.24. The van der Waals surface area contributed by atoms with Gasteiger partial charge >= 0.3 is 0 Å². The first-order chi connectivity index (χ1) is 15.5. The molecule has 1 atom stereocenters. The van der Waals surface area contributed by atoms with Gasteiger partial charge in [0.25, 0.3) is 5.91 Å². The van der Waals surface area contributed by atoms with Crippen LogP contribution in [0, 0.1) is 13.8 Å². The summed E-state index contributed by atoms with van der Waals surface area (Å²) in [4.78, 5) is 17.2. The molecule has 1 N–H and O–H groups in total. The highest BCUT2D eigenvalue weighted by Gasteiger charge is 2.14. The van der Waals surface area contributed by atoms with E-state index in [1.165, 1.54) is 5.56 Å². The Morgan fingerprint density at radius 3 is 2.34 bits per heavy atom. The minimum atomic E-state index is -0.122. The predicted octanol–water partition coefficient (Wildman–Crippen LogP) is 6.03. The quantitative estimate of drug-likeness (QED) is 0.392. The van der Waals surface area contributed by atoms with Crippen LogP contribution in [0.3, 0.4) is 0 Å². The molecule has 0 aliphatic carbocycles. The summed E-state index contributed by atoms with van der Waals surface area (Å²) < 4.78 is 11.7. The normalized spacial score (nSPS) is 11.7. The fraction of sp³-hybridized carbons (Fsp3) is 0.185. The summed E-state index contributed by atoms with van der Waals surface area (Å²) in [6.45, 7) is 6.21. The zero-order valence-electron chi connectivity index (χ0n) is 18.5. The standard InChI is InChI=1S/C27H26N2O3/c1-18-9-15-24(16-10-18)31-17-25-20(3)32-27(29-25)23-13-11-22(12-14-23)26(30)28-19(2)21-7-5-4-6-8-21/h4-16,19H,17H2,1-3H3,(H,28,30)/t19-/m1/s1. The lowest BCUT2D eigenvalue weighted by Crippen LogP contribution is -2.26. The highest BCUT2D eigenvalue weighted by molar-refractivity contribution is 5.94. The van der Waals surface area contributed by atoms with Gasteiger partial charge < -0.3 is 14.5 Å². The van der Waals surface area contributed by atoms with Crippen molar-refractivity contribution >= 4 is 5.91 Å². The molecule has 1 aromatic heterocycles. The third-order valence-corrected chi connectivity index (χ3v) is 5.33. The first-order valence-electron chi connectivity index (χ1n) is 10.6. The molecule has 4 aromatic rings. The number of nitrogens with zero attached hydrogens (tertiary/aromatic N) is 1. The summed E-state index contributed by atoms with van der Waals surface area (Å²) in [5.41, 5.74) is 4.39. The van der Waals surface area contributed by atoms with Gasteiger partial charge in [0.15, 0.2) is 0 Å². The maximum absolute atomic E-state index is 12.6. The van der Waals surface area contributed by atoms with Crippen LogP contribution in [0.5, 0.6) is 5.75 Å². The Morgan fingerprint density at radius 2 is 1.66 bits per heavy atom. The number of amides is 1. The minimum absolute atomic E-state index is 0.0751. The van der Waals surface area contributed by atoms with Crippen molar-refractivity contribution in [1.82, 2.24) is 10.3 Å². The maximum Gasteiger partial charge on any atom is 0.251 e. The Labute approximate surface area is 188 Å². The van der Waals surface area contributed by atoms with Gasteiger partial charge in [0.2, 0.25) is 5.89 Å². The lowest BCUT2D eigenvalue weighted by atomic mass is 10.1. The van der Waals surface area contributed by atoms with Crippen molar-refractivity contribution < 1.29 is 13.9 Å². The van der Waals surface area contributed by atoms with Gasteiger partial charge in [-0.25, -0.2) is 4.98 Å². The second-order valence-electron chi connectivity index (χ2n) is 7.81. The SMILES string of the molecule is Cc1ccc(OCc2nc(-c3ccc(C(=O)N[C@H](C)c4ccccc4)cc3)oc2C)cc1. The number of nitrogens with one attached hydrogen (secondary N) is 1. The van der Waals surface area contributed by atoms with E-state index in [0.29, 0.717) is 23.8 Å². The smallest absolute Gasteiger partial charge is 0.251 e. The molecule has 5 heteroatoms. The van der Waals surface area contributed by atoms with Gasteiger partial charge in [0.1, 0.15) is 23.8 Å². The zero-order chi connectivity index (χ0) is 22.5. The zero-order valence-corrected chi connectivity index (χ0v) is 18.5. The number of oxazole rings is 1. The van der Waals surface area contributed by atoms with E-state index < -0.39 is 0 Å². The fourth-order valence-electron chi connectivity index (χ4n) is 3.34. The number of ether oxygens (including phenoxy) is 1. The van der Waals surface area contributed by atoms with Crippen molar-refractivity contribution in [2.24, 2.45) is 0 Å². The fourth-order valence-corrected chi connectivity index (χ4v) is 3.34. The molecule has 1 heterocycles. The van der Waals surface area contributed by atoms with Crippen LogP contribution in [0.25, 0.3) is 11.5 Å². The van der Waals surface area contributed by atoms with Crippen molar-refractivity contribution in [2.75, 3.05) is 0 Å². The maximum atomic E-state index is 12.6. The van der Waals surface area contributed by atoms with Crippen LogP contribution in [-0.2, 0) is 6.61 Å². The van der Waals surface area contributed by atoms with Crippen molar-refractivity contribution in [2.45, 2.75) is 33.4 Å². The number of carbonyl (C=O) groups is 1. The minimum Gasteiger partial charge on any atom is -0.487 e. The third-order valence-electron chi connectivity index (χ3n) is 5.33. The van der Waals surface area contributed by atoms with Crippen LogP contribution in [-0.4, -0.2) is 10.9 Å². The highest BCUT2D eigenvalue weighted by atomic mass is 16.5. The number of rotatable bonds is 7. The van der Waals surface area contributed by atoms with Gasteiger partial charge in [-0.2, -0.15) is 0 Å². The van der Waals surface area contributed by atoms with E-state index in [9.17, 15) is 4.79 Å². The third kappa shape index (κ3) is 5.06. The van der Waals surface area contributed by atoms with E-state index in [4.69, 9.17) is 9.15 Å². The Kier molecular flexibility index (Phi) is 6.36. The van der Waals surface area contributed by atoms with E-state index in [1.807, 2.05) is 87.5 Å². The summed E-state index contributed by atoms with van der Waals surface area (Å²) in [6, 6.07) is 25.0. The lowest BCUT2D eigenvalue weighted by Gasteiger charge is -2.14. The molecule has 5 nitrogen and oxygen atoms in total. The van der Waals surface area contributed by atoms with Gasteiger partial charge in [-0.15, -0.1) is 0 Å². The molecule has 0 spiro atoms. The summed E-state index contributed by atoms with van der Waals surface area (Å²) in [7, 11) is 0. The Hall–Kier alpha value is -3.86. The second kappa shape index (κ2) is 9.52. The van der Waals surface area contributed by atoms with Crippen molar-refractivity contribution in [1.29, 1.82) is 0 Å².